The first kappa shape index (κ1) is 13.9. The molecule has 110 valence electrons. The van der Waals surface area contributed by atoms with Crippen molar-refractivity contribution in [2.45, 2.75) is 13.5 Å². The van der Waals surface area contributed by atoms with E-state index >= 15 is 0 Å². The van der Waals surface area contributed by atoms with Gasteiger partial charge < -0.3 is 5.32 Å². The van der Waals surface area contributed by atoms with Crippen LogP contribution in [0.15, 0.2) is 55.4 Å². The number of nitrogens with one attached hydrogen (secondary N) is 1. The molecule has 0 aliphatic rings. The Balaban J connectivity index is 1.61. The minimum absolute atomic E-state index is 0.147. The molecule has 0 bridgehead atoms. The van der Waals surface area contributed by atoms with Gasteiger partial charge in [-0.05, 0) is 30.7 Å². The van der Waals surface area contributed by atoms with Gasteiger partial charge in [-0.25, -0.2) is 9.97 Å². The van der Waals surface area contributed by atoms with Gasteiger partial charge in [0.2, 0.25) is 0 Å². The standard InChI is InChI=1S/C16H15N5O/c1-12-2-4-14(10-18-12)16(22)20-9-13-3-5-15(19-8-13)21-7-6-17-11-21/h2-8,10-11H,9H2,1H3,(H,20,22). The Labute approximate surface area is 127 Å². The van der Waals surface area contributed by atoms with Gasteiger partial charge in [0.25, 0.3) is 5.91 Å². The molecule has 0 atom stereocenters. The van der Waals surface area contributed by atoms with E-state index < -0.39 is 0 Å². The number of carbonyl (C=O) groups is 1. The molecule has 0 aromatic carbocycles. The SMILES string of the molecule is Cc1ccc(C(=O)NCc2ccc(-n3ccnc3)nc2)cn1. The number of imidazole rings is 1. The number of hydrogen-bond donors (Lipinski definition) is 1. The summed E-state index contributed by atoms with van der Waals surface area (Å²) < 4.78 is 1.82. The van der Waals surface area contributed by atoms with Crippen molar-refractivity contribution in [1.29, 1.82) is 0 Å². The molecule has 0 aliphatic heterocycles. The molecule has 3 aromatic rings. The average Bonchev–Trinajstić information content (AvgIpc) is 3.08. The van der Waals surface area contributed by atoms with Gasteiger partial charge in [-0.3, -0.25) is 14.3 Å². The van der Waals surface area contributed by atoms with E-state index in [0.29, 0.717) is 12.1 Å². The van der Waals surface area contributed by atoms with Crippen LogP contribution < -0.4 is 5.32 Å². The van der Waals surface area contributed by atoms with Crippen molar-refractivity contribution in [3.05, 3.63) is 72.2 Å². The van der Waals surface area contributed by atoms with Crippen molar-refractivity contribution < 1.29 is 4.79 Å². The predicted octanol–water partition coefficient (Wildman–Crippen LogP) is 1.90. The van der Waals surface area contributed by atoms with E-state index in [-0.39, 0.29) is 5.91 Å². The van der Waals surface area contributed by atoms with Crippen LogP contribution in [-0.2, 0) is 6.54 Å². The van der Waals surface area contributed by atoms with E-state index in [1.165, 1.54) is 0 Å². The maximum absolute atomic E-state index is 12.0. The number of aromatic nitrogens is 4. The molecule has 0 unspecified atom stereocenters. The minimum Gasteiger partial charge on any atom is -0.348 e. The van der Waals surface area contributed by atoms with Crippen LogP contribution in [0, 0.1) is 6.92 Å². The van der Waals surface area contributed by atoms with E-state index in [2.05, 4.69) is 20.3 Å². The summed E-state index contributed by atoms with van der Waals surface area (Å²) in [6.07, 6.45) is 8.53. The third kappa shape index (κ3) is 3.17. The molecule has 0 aliphatic carbocycles. The third-order valence-corrected chi connectivity index (χ3v) is 3.20. The maximum atomic E-state index is 12.0. The molecule has 3 aromatic heterocycles. The van der Waals surface area contributed by atoms with Crippen LogP contribution >= 0.6 is 0 Å². The Morgan fingerprint density at radius 3 is 2.73 bits per heavy atom. The van der Waals surface area contributed by atoms with Crippen LogP contribution in [0.25, 0.3) is 5.82 Å². The van der Waals surface area contributed by atoms with Crippen molar-refractivity contribution in [3.63, 3.8) is 0 Å². The molecular formula is C16H15N5O. The van der Waals surface area contributed by atoms with Gasteiger partial charge in [-0.15, -0.1) is 0 Å². The highest BCUT2D eigenvalue weighted by Crippen LogP contribution is 2.06. The van der Waals surface area contributed by atoms with E-state index in [4.69, 9.17) is 0 Å². The van der Waals surface area contributed by atoms with Crippen LogP contribution in [0.1, 0.15) is 21.6 Å². The van der Waals surface area contributed by atoms with Crippen LogP contribution in [0.5, 0.6) is 0 Å². The van der Waals surface area contributed by atoms with Crippen molar-refractivity contribution in [3.8, 4) is 5.82 Å². The quantitative estimate of drug-likeness (QED) is 0.797. The normalized spacial score (nSPS) is 10.4. The Bertz CT molecular complexity index is 748. The number of rotatable bonds is 4. The van der Waals surface area contributed by atoms with E-state index in [9.17, 15) is 4.79 Å². The van der Waals surface area contributed by atoms with E-state index in [1.54, 1.807) is 31.0 Å². The zero-order valence-electron chi connectivity index (χ0n) is 12.1. The largest absolute Gasteiger partial charge is 0.348 e. The lowest BCUT2D eigenvalue weighted by atomic mass is 10.2. The van der Waals surface area contributed by atoms with Crippen molar-refractivity contribution in [1.82, 2.24) is 24.8 Å². The van der Waals surface area contributed by atoms with Gasteiger partial charge in [0.1, 0.15) is 12.1 Å². The van der Waals surface area contributed by atoms with Crippen molar-refractivity contribution in [2.75, 3.05) is 0 Å². The number of pyridine rings is 2. The van der Waals surface area contributed by atoms with Crippen molar-refractivity contribution in [2.24, 2.45) is 0 Å². The molecule has 1 N–H and O–H groups in total. The Kier molecular flexibility index (Phi) is 3.91. The highest BCUT2D eigenvalue weighted by atomic mass is 16.1. The minimum atomic E-state index is -0.147. The Morgan fingerprint density at radius 1 is 1.18 bits per heavy atom. The summed E-state index contributed by atoms with van der Waals surface area (Å²) in [7, 11) is 0. The molecule has 0 spiro atoms. The summed E-state index contributed by atoms with van der Waals surface area (Å²) in [5, 5.41) is 2.85. The fraction of sp³-hybridized carbons (Fsp3) is 0.125. The molecular weight excluding hydrogens is 278 g/mol. The highest BCUT2D eigenvalue weighted by molar-refractivity contribution is 5.93. The number of nitrogens with zero attached hydrogens (tertiary/aromatic N) is 4. The summed E-state index contributed by atoms with van der Waals surface area (Å²) in [5.74, 6) is 0.640. The Morgan fingerprint density at radius 2 is 2.09 bits per heavy atom. The summed E-state index contributed by atoms with van der Waals surface area (Å²) in [4.78, 5) is 24.4. The monoisotopic (exact) mass is 293 g/mol. The second-order valence-electron chi connectivity index (χ2n) is 4.87. The lowest BCUT2D eigenvalue weighted by Gasteiger charge is -2.06. The zero-order chi connectivity index (χ0) is 15.4. The first-order chi connectivity index (χ1) is 10.7. The number of hydrogen-bond acceptors (Lipinski definition) is 4. The summed E-state index contributed by atoms with van der Waals surface area (Å²) in [6, 6.07) is 7.39. The summed E-state index contributed by atoms with van der Waals surface area (Å²) in [5.41, 5.74) is 2.36. The molecule has 0 saturated carbocycles. The maximum Gasteiger partial charge on any atom is 0.253 e. The smallest absolute Gasteiger partial charge is 0.253 e. The molecule has 1 amide bonds. The molecule has 22 heavy (non-hydrogen) atoms. The first-order valence-electron chi connectivity index (χ1n) is 6.86. The molecule has 0 fully saturated rings. The number of carbonyl (C=O) groups excluding carboxylic acids is 1. The number of amides is 1. The highest BCUT2D eigenvalue weighted by Gasteiger charge is 2.05. The van der Waals surface area contributed by atoms with Crippen molar-refractivity contribution >= 4 is 5.91 Å². The lowest BCUT2D eigenvalue weighted by Crippen LogP contribution is -2.23. The molecule has 6 nitrogen and oxygen atoms in total. The average molecular weight is 293 g/mol. The van der Waals surface area contributed by atoms with Gasteiger partial charge >= 0.3 is 0 Å². The second kappa shape index (κ2) is 6.17. The topological polar surface area (TPSA) is 72.7 Å². The van der Waals surface area contributed by atoms with Gasteiger partial charge in [-0.2, -0.15) is 0 Å². The van der Waals surface area contributed by atoms with Gasteiger partial charge in [0, 0.05) is 37.0 Å². The van der Waals surface area contributed by atoms with Crippen LogP contribution in [0.3, 0.4) is 0 Å². The fourth-order valence-corrected chi connectivity index (χ4v) is 1.96. The van der Waals surface area contributed by atoms with E-state index in [0.717, 1.165) is 17.1 Å². The van der Waals surface area contributed by atoms with Gasteiger partial charge in [-0.1, -0.05) is 6.07 Å². The lowest BCUT2D eigenvalue weighted by molar-refractivity contribution is 0.0950. The van der Waals surface area contributed by atoms with Crippen LogP contribution in [-0.4, -0.2) is 25.4 Å². The zero-order valence-corrected chi connectivity index (χ0v) is 12.1. The molecule has 6 heteroatoms. The fourth-order valence-electron chi connectivity index (χ4n) is 1.96. The summed E-state index contributed by atoms with van der Waals surface area (Å²) in [6.45, 7) is 2.30. The van der Waals surface area contributed by atoms with Gasteiger partial charge in [0.15, 0.2) is 0 Å². The molecule has 3 heterocycles. The number of aryl methyl sites for hydroxylation is 1. The van der Waals surface area contributed by atoms with Gasteiger partial charge in [0.05, 0.1) is 5.56 Å². The van der Waals surface area contributed by atoms with E-state index in [1.807, 2.05) is 35.9 Å². The Hall–Kier alpha value is -3.02. The van der Waals surface area contributed by atoms with Crippen LogP contribution in [0.2, 0.25) is 0 Å². The first-order valence-corrected chi connectivity index (χ1v) is 6.86. The van der Waals surface area contributed by atoms with Crippen LogP contribution in [0.4, 0.5) is 0 Å². The summed E-state index contributed by atoms with van der Waals surface area (Å²) >= 11 is 0. The second-order valence-corrected chi connectivity index (χ2v) is 4.87. The third-order valence-electron chi connectivity index (χ3n) is 3.20. The molecule has 0 radical (unpaired) electrons. The predicted molar refractivity (Wildman–Crippen MR) is 81.5 cm³/mol. The molecule has 0 saturated heterocycles. The molecule has 3 rings (SSSR count).